The Morgan fingerprint density at radius 3 is 2.68 bits per heavy atom. The molecule has 2 amide bonds. The van der Waals surface area contributed by atoms with Gasteiger partial charge in [-0.3, -0.25) is 9.59 Å². The van der Waals surface area contributed by atoms with Gasteiger partial charge in [0.2, 0.25) is 0 Å². The molecular formula is C16H15Cl2N5O2. The second-order valence-corrected chi connectivity index (χ2v) is 6.37. The maximum Gasteiger partial charge on any atom is 0.329 e. The number of hydrazone groups is 1. The average Bonchev–Trinajstić information content (AvgIpc) is 3.35. The van der Waals surface area contributed by atoms with Crippen LogP contribution >= 0.6 is 23.2 Å². The van der Waals surface area contributed by atoms with Gasteiger partial charge in [0, 0.05) is 6.04 Å². The van der Waals surface area contributed by atoms with Crippen LogP contribution in [-0.2, 0) is 9.59 Å². The van der Waals surface area contributed by atoms with E-state index in [1.54, 1.807) is 25.1 Å². The van der Waals surface area contributed by atoms with E-state index in [1.807, 2.05) is 6.07 Å². The summed E-state index contributed by atoms with van der Waals surface area (Å²) in [4.78, 5) is 23.2. The number of aromatic nitrogens is 2. The number of amides is 2. The summed E-state index contributed by atoms with van der Waals surface area (Å²) in [6, 6.07) is 7.25. The molecule has 1 aromatic carbocycles. The van der Waals surface area contributed by atoms with E-state index in [1.165, 1.54) is 10.9 Å². The molecule has 1 aliphatic carbocycles. The topological polar surface area (TPSA) is 88.4 Å². The summed E-state index contributed by atoms with van der Waals surface area (Å²) >= 11 is 12.5. The third-order valence-electron chi connectivity index (χ3n) is 3.61. The number of hydrogen-bond acceptors (Lipinski definition) is 4. The molecule has 1 aliphatic rings. The molecule has 1 heterocycles. The van der Waals surface area contributed by atoms with Gasteiger partial charge < -0.3 is 5.32 Å². The van der Waals surface area contributed by atoms with Crippen molar-refractivity contribution < 1.29 is 9.59 Å². The number of nitrogens with zero attached hydrogens (tertiary/aromatic N) is 3. The Hall–Kier alpha value is -2.38. The highest BCUT2D eigenvalue weighted by atomic mass is 35.5. The highest BCUT2D eigenvalue weighted by Gasteiger charge is 2.26. The standard InChI is InChI=1S/C16H15Cl2N5O2/c1-9-11(8-19-21-16(25)15(24)20-10-6-7-10)14(18)23(22-9)13-5-3-2-4-12(13)17/h2-5,8,10H,6-7H2,1H3,(H,20,24)(H,21,25)/b19-8-. The number of hydrogen-bond donors (Lipinski definition) is 2. The molecule has 1 saturated carbocycles. The largest absolute Gasteiger partial charge is 0.345 e. The monoisotopic (exact) mass is 379 g/mol. The summed E-state index contributed by atoms with van der Waals surface area (Å²) < 4.78 is 1.49. The van der Waals surface area contributed by atoms with Gasteiger partial charge >= 0.3 is 11.8 Å². The van der Waals surface area contributed by atoms with Crippen molar-refractivity contribution in [3.63, 3.8) is 0 Å². The van der Waals surface area contributed by atoms with Crippen molar-refractivity contribution in [2.24, 2.45) is 5.10 Å². The van der Waals surface area contributed by atoms with Crippen molar-refractivity contribution in [3.8, 4) is 5.69 Å². The van der Waals surface area contributed by atoms with Gasteiger partial charge in [-0.05, 0) is 31.9 Å². The summed E-state index contributed by atoms with van der Waals surface area (Å²) in [6.07, 6.45) is 3.15. The Balaban J connectivity index is 1.73. The van der Waals surface area contributed by atoms with Crippen LogP contribution < -0.4 is 10.7 Å². The van der Waals surface area contributed by atoms with E-state index in [-0.39, 0.29) is 6.04 Å². The van der Waals surface area contributed by atoms with Crippen molar-refractivity contribution in [1.82, 2.24) is 20.5 Å². The van der Waals surface area contributed by atoms with Gasteiger partial charge in [0.05, 0.1) is 28.2 Å². The molecule has 0 spiro atoms. The molecule has 0 atom stereocenters. The molecule has 9 heteroatoms. The smallest absolute Gasteiger partial charge is 0.329 e. The number of benzene rings is 1. The van der Waals surface area contributed by atoms with Crippen molar-refractivity contribution in [2.45, 2.75) is 25.8 Å². The predicted octanol–water partition coefficient (Wildman–Crippen LogP) is 2.22. The summed E-state index contributed by atoms with van der Waals surface area (Å²) in [5.74, 6) is -1.52. The van der Waals surface area contributed by atoms with E-state index in [0.29, 0.717) is 27.1 Å². The quantitative estimate of drug-likeness (QED) is 0.484. The highest BCUT2D eigenvalue weighted by molar-refractivity contribution is 6.35. The molecule has 1 fully saturated rings. The van der Waals surface area contributed by atoms with Crippen LogP contribution in [0.5, 0.6) is 0 Å². The zero-order valence-electron chi connectivity index (χ0n) is 13.3. The van der Waals surface area contributed by atoms with E-state index in [4.69, 9.17) is 23.2 Å². The fourth-order valence-electron chi connectivity index (χ4n) is 2.13. The summed E-state index contributed by atoms with van der Waals surface area (Å²) in [5.41, 5.74) is 3.93. The van der Waals surface area contributed by atoms with Crippen LogP contribution in [0.3, 0.4) is 0 Å². The van der Waals surface area contributed by atoms with Crippen LogP contribution in [0.2, 0.25) is 10.2 Å². The van der Waals surface area contributed by atoms with Crippen LogP contribution in [0.15, 0.2) is 29.4 Å². The molecule has 1 aromatic heterocycles. The average molecular weight is 380 g/mol. The molecule has 0 bridgehead atoms. The van der Waals surface area contributed by atoms with E-state index < -0.39 is 11.8 Å². The molecule has 0 radical (unpaired) electrons. The minimum atomic E-state index is -0.824. The summed E-state index contributed by atoms with van der Waals surface area (Å²) in [7, 11) is 0. The molecular weight excluding hydrogens is 365 g/mol. The lowest BCUT2D eigenvalue weighted by Gasteiger charge is -2.04. The second-order valence-electron chi connectivity index (χ2n) is 5.60. The molecule has 130 valence electrons. The number of carbonyl (C=O) groups is 2. The van der Waals surface area contributed by atoms with E-state index in [0.717, 1.165) is 12.8 Å². The number of para-hydroxylation sites is 1. The van der Waals surface area contributed by atoms with E-state index in [9.17, 15) is 9.59 Å². The Morgan fingerprint density at radius 1 is 1.28 bits per heavy atom. The molecule has 25 heavy (non-hydrogen) atoms. The highest BCUT2D eigenvalue weighted by Crippen LogP contribution is 2.26. The van der Waals surface area contributed by atoms with Crippen molar-refractivity contribution >= 4 is 41.2 Å². The SMILES string of the molecule is Cc1nn(-c2ccccc2Cl)c(Cl)c1/C=N\NC(=O)C(=O)NC1CC1. The minimum absolute atomic E-state index is 0.104. The first-order valence-corrected chi connectivity index (χ1v) is 8.37. The van der Waals surface area contributed by atoms with Crippen LogP contribution in [0, 0.1) is 6.92 Å². The molecule has 0 aliphatic heterocycles. The van der Waals surface area contributed by atoms with Crippen molar-refractivity contribution in [1.29, 1.82) is 0 Å². The van der Waals surface area contributed by atoms with E-state index >= 15 is 0 Å². The Bertz CT molecular complexity index is 858. The van der Waals surface area contributed by atoms with Crippen LogP contribution in [0.1, 0.15) is 24.1 Å². The van der Waals surface area contributed by atoms with E-state index in [2.05, 4.69) is 20.9 Å². The zero-order chi connectivity index (χ0) is 18.0. The zero-order valence-corrected chi connectivity index (χ0v) is 14.8. The third-order valence-corrected chi connectivity index (χ3v) is 4.29. The predicted molar refractivity (Wildman–Crippen MR) is 95.2 cm³/mol. The number of rotatable bonds is 4. The molecule has 0 unspecified atom stereocenters. The fraction of sp³-hybridized carbons (Fsp3) is 0.250. The molecule has 2 N–H and O–H groups in total. The lowest BCUT2D eigenvalue weighted by molar-refractivity contribution is -0.139. The molecule has 3 rings (SSSR count). The number of halogens is 2. The fourth-order valence-corrected chi connectivity index (χ4v) is 2.66. The van der Waals surface area contributed by atoms with Crippen LogP contribution in [0.25, 0.3) is 5.69 Å². The number of nitrogens with one attached hydrogen (secondary N) is 2. The second kappa shape index (κ2) is 7.25. The summed E-state index contributed by atoms with van der Waals surface area (Å²) in [5, 5.41) is 11.5. The minimum Gasteiger partial charge on any atom is -0.345 e. The number of aryl methyl sites for hydroxylation is 1. The lowest BCUT2D eigenvalue weighted by Crippen LogP contribution is -2.38. The van der Waals surface area contributed by atoms with Crippen LogP contribution in [-0.4, -0.2) is 33.9 Å². The Morgan fingerprint density at radius 2 is 2.00 bits per heavy atom. The van der Waals surface area contributed by atoms with Gasteiger partial charge in [0.15, 0.2) is 0 Å². The molecule has 7 nitrogen and oxygen atoms in total. The molecule has 0 saturated heterocycles. The number of carbonyl (C=O) groups excluding carboxylic acids is 2. The first-order valence-electron chi connectivity index (χ1n) is 7.61. The maximum absolute atomic E-state index is 11.6. The summed E-state index contributed by atoms with van der Waals surface area (Å²) in [6.45, 7) is 1.75. The first kappa shape index (κ1) is 17.4. The van der Waals surface area contributed by atoms with Gasteiger partial charge in [-0.2, -0.15) is 10.2 Å². The third kappa shape index (κ3) is 4.00. The van der Waals surface area contributed by atoms with Crippen molar-refractivity contribution in [3.05, 3.63) is 45.7 Å². The Labute approximate surface area is 154 Å². The van der Waals surface area contributed by atoms with Gasteiger partial charge in [0.25, 0.3) is 0 Å². The normalized spacial score (nSPS) is 13.9. The van der Waals surface area contributed by atoms with Gasteiger partial charge in [-0.25, -0.2) is 10.1 Å². The van der Waals surface area contributed by atoms with Crippen LogP contribution in [0.4, 0.5) is 0 Å². The molecule has 2 aromatic rings. The van der Waals surface area contributed by atoms with Gasteiger partial charge in [-0.1, -0.05) is 35.3 Å². The lowest BCUT2D eigenvalue weighted by atomic mass is 10.3. The first-order chi connectivity index (χ1) is 12.0. The maximum atomic E-state index is 11.6. The Kier molecular flexibility index (Phi) is 5.06. The van der Waals surface area contributed by atoms with Gasteiger partial charge in [0.1, 0.15) is 5.15 Å². The van der Waals surface area contributed by atoms with Gasteiger partial charge in [-0.15, -0.1) is 0 Å². The van der Waals surface area contributed by atoms with Crippen molar-refractivity contribution in [2.75, 3.05) is 0 Å².